The van der Waals surface area contributed by atoms with E-state index in [-0.39, 0.29) is 36.3 Å². The molecular formula is C51H67FN2O9Si2. The number of aromatic nitrogens is 2. The van der Waals surface area contributed by atoms with Crippen LogP contribution in [0.5, 0.6) is 17.2 Å². The summed E-state index contributed by atoms with van der Waals surface area (Å²) in [5.41, 5.74) is -1.28. The Morgan fingerprint density at radius 2 is 1.15 bits per heavy atom. The quantitative estimate of drug-likeness (QED) is 0.0665. The second-order valence-electron chi connectivity index (χ2n) is 20.0. The molecule has 65 heavy (non-hydrogen) atoms. The molecule has 0 unspecified atom stereocenters. The number of ether oxygens (including phenoxy) is 5. The molecule has 1 aliphatic heterocycles. The third-order valence-corrected chi connectivity index (χ3v) is 22.7. The van der Waals surface area contributed by atoms with Crippen LogP contribution in [0.3, 0.4) is 0 Å². The van der Waals surface area contributed by atoms with Gasteiger partial charge in [-0.1, -0.05) is 108 Å². The highest BCUT2D eigenvalue weighted by atomic mass is 28.4. The van der Waals surface area contributed by atoms with Crippen molar-refractivity contribution in [2.75, 3.05) is 34.5 Å². The normalized spacial score (nSPS) is 18.4. The number of rotatable bonds is 17. The van der Waals surface area contributed by atoms with E-state index < -0.39 is 57.2 Å². The molecule has 1 aliphatic rings. The zero-order valence-corrected chi connectivity index (χ0v) is 42.3. The molecule has 1 saturated heterocycles. The summed E-state index contributed by atoms with van der Waals surface area (Å²) >= 11 is 0. The first kappa shape index (κ1) is 49.6. The van der Waals surface area contributed by atoms with Crippen molar-refractivity contribution in [3.8, 4) is 17.2 Å². The molecule has 0 bridgehead atoms. The van der Waals surface area contributed by atoms with Crippen LogP contribution in [-0.2, 0) is 30.5 Å². The SMILES string of the molecule is COc1ccc(Cn2c(=O)c(F)cn([C@H]3C[C@H](O[Si](C)(C)C(C)(C)C)[C@@](COC(c4ccccc4)(c4ccc(OC)cc4)c4ccc(OC)cc4)(CO[Si](C)(C)C(C)(C)C)O3)c2=O)cc1. The van der Waals surface area contributed by atoms with E-state index in [0.29, 0.717) is 22.8 Å². The van der Waals surface area contributed by atoms with Crippen molar-refractivity contribution in [2.24, 2.45) is 0 Å². The first-order chi connectivity index (χ1) is 30.5. The fraction of sp³-hybridized carbons (Fsp3) is 0.451. The minimum absolute atomic E-state index is 0.0398. The van der Waals surface area contributed by atoms with E-state index in [4.69, 9.17) is 32.5 Å². The molecule has 0 N–H and O–H groups in total. The molecular weight excluding hydrogens is 860 g/mol. The van der Waals surface area contributed by atoms with Crippen LogP contribution in [-0.4, -0.2) is 72.0 Å². The summed E-state index contributed by atoms with van der Waals surface area (Å²) in [7, 11) is -0.326. The summed E-state index contributed by atoms with van der Waals surface area (Å²) < 4.78 is 64.0. The lowest BCUT2D eigenvalue weighted by Gasteiger charge is -2.46. The lowest BCUT2D eigenvalue weighted by atomic mass is 9.79. The Hall–Kier alpha value is -4.84. The van der Waals surface area contributed by atoms with Gasteiger partial charge in [0.15, 0.2) is 16.6 Å². The van der Waals surface area contributed by atoms with E-state index in [1.54, 1.807) is 45.6 Å². The number of methoxy groups -OCH3 is 3. The highest BCUT2D eigenvalue weighted by Gasteiger charge is 2.57. The predicted octanol–water partition coefficient (Wildman–Crippen LogP) is 10.3. The van der Waals surface area contributed by atoms with Gasteiger partial charge in [0, 0.05) is 6.42 Å². The van der Waals surface area contributed by atoms with Gasteiger partial charge in [-0.3, -0.25) is 13.9 Å². The summed E-state index contributed by atoms with van der Waals surface area (Å²) in [6, 6.07) is 32.5. The van der Waals surface area contributed by atoms with Gasteiger partial charge in [0.2, 0.25) is 5.82 Å². The molecule has 1 fully saturated rings. The fourth-order valence-electron chi connectivity index (χ4n) is 7.62. The van der Waals surface area contributed by atoms with Gasteiger partial charge >= 0.3 is 5.69 Å². The Morgan fingerprint density at radius 3 is 1.63 bits per heavy atom. The number of hydrogen-bond donors (Lipinski definition) is 0. The molecule has 350 valence electrons. The largest absolute Gasteiger partial charge is 0.497 e. The molecule has 0 saturated carbocycles. The van der Waals surface area contributed by atoms with Crippen molar-refractivity contribution < 1.29 is 36.9 Å². The van der Waals surface area contributed by atoms with Crippen molar-refractivity contribution in [2.45, 2.75) is 114 Å². The van der Waals surface area contributed by atoms with E-state index in [1.165, 1.54) is 4.57 Å². The summed E-state index contributed by atoms with van der Waals surface area (Å²) in [4.78, 5) is 28.0. The molecule has 0 radical (unpaired) electrons. The van der Waals surface area contributed by atoms with Crippen LogP contribution in [0.15, 0.2) is 119 Å². The Bertz CT molecular complexity index is 2450. The number of nitrogens with zero attached hydrogens (tertiary/aromatic N) is 2. The average molecular weight is 927 g/mol. The molecule has 5 aromatic rings. The van der Waals surface area contributed by atoms with Crippen molar-refractivity contribution in [1.29, 1.82) is 0 Å². The van der Waals surface area contributed by atoms with E-state index in [9.17, 15) is 9.59 Å². The molecule has 4 aromatic carbocycles. The van der Waals surface area contributed by atoms with Crippen molar-refractivity contribution >= 4 is 16.6 Å². The molecule has 3 atom stereocenters. The average Bonchev–Trinajstić information content (AvgIpc) is 3.62. The fourth-order valence-corrected chi connectivity index (χ4v) is 10.0. The van der Waals surface area contributed by atoms with Crippen LogP contribution in [0.2, 0.25) is 36.3 Å². The van der Waals surface area contributed by atoms with E-state index in [0.717, 1.165) is 27.5 Å². The van der Waals surface area contributed by atoms with Gasteiger partial charge in [0.1, 0.15) is 34.7 Å². The third-order valence-electron chi connectivity index (χ3n) is 13.8. The van der Waals surface area contributed by atoms with E-state index in [1.807, 2.05) is 78.9 Å². The molecule has 0 spiro atoms. The van der Waals surface area contributed by atoms with Crippen molar-refractivity contribution in [3.63, 3.8) is 0 Å². The molecule has 6 rings (SSSR count). The lowest BCUT2D eigenvalue weighted by molar-refractivity contribution is -0.174. The second-order valence-corrected chi connectivity index (χ2v) is 29.6. The van der Waals surface area contributed by atoms with Gasteiger partial charge in [-0.05, 0) is 94.9 Å². The molecule has 2 heterocycles. The van der Waals surface area contributed by atoms with E-state index >= 15 is 4.39 Å². The minimum Gasteiger partial charge on any atom is -0.497 e. The molecule has 11 nitrogen and oxygen atoms in total. The first-order valence-corrected chi connectivity index (χ1v) is 27.9. The van der Waals surface area contributed by atoms with Crippen molar-refractivity contribution in [3.05, 3.63) is 158 Å². The number of hydrogen-bond acceptors (Lipinski definition) is 9. The topological polar surface area (TPSA) is 109 Å². The van der Waals surface area contributed by atoms with E-state index in [2.05, 4.69) is 67.7 Å². The maximum absolute atomic E-state index is 16.0. The first-order valence-electron chi connectivity index (χ1n) is 22.1. The summed E-state index contributed by atoms with van der Waals surface area (Å²) in [6.45, 7) is 21.5. The van der Waals surface area contributed by atoms with Gasteiger partial charge in [-0.2, -0.15) is 4.39 Å². The lowest BCUT2D eigenvalue weighted by Crippen LogP contribution is -2.58. The minimum atomic E-state index is -2.63. The Kier molecular flexibility index (Phi) is 14.6. The molecule has 0 aliphatic carbocycles. The second kappa shape index (κ2) is 19.2. The zero-order chi connectivity index (χ0) is 47.6. The standard InChI is InChI=1S/C51H67FN2O9Si2/c1-48(2,3)64(10,11)61-35-50(34-60-51(37-17-15-14-16-18-37,38-21-27-41(58-8)28-22-38)39-23-29-42(59-9)30-24-39)44(63-65(12,13)49(4,5)6)31-45(62-50)53-33-43(52)46(55)54(47(53)56)32-36-19-25-40(57-7)26-20-36/h14-30,33,44-45H,31-32,34-35H2,1-13H3/t44-,45+,50+/m0/s1. The van der Waals surface area contributed by atoms with Gasteiger partial charge < -0.3 is 32.5 Å². The molecule has 14 heteroatoms. The highest BCUT2D eigenvalue weighted by Crippen LogP contribution is 2.49. The van der Waals surface area contributed by atoms with Crippen LogP contribution in [0.4, 0.5) is 4.39 Å². The summed E-state index contributed by atoms with van der Waals surface area (Å²) in [6.07, 6.45) is -0.692. The van der Waals surface area contributed by atoms with Gasteiger partial charge in [0.05, 0.1) is 53.4 Å². The maximum Gasteiger partial charge on any atom is 0.333 e. The van der Waals surface area contributed by atoms with Crippen LogP contribution in [0, 0.1) is 5.82 Å². The number of benzene rings is 4. The summed E-state index contributed by atoms with van der Waals surface area (Å²) in [5, 5.41) is -0.410. The number of halogens is 1. The zero-order valence-electron chi connectivity index (χ0n) is 40.3. The van der Waals surface area contributed by atoms with Gasteiger partial charge in [-0.25, -0.2) is 4.79 Å². The van der Waals surface area contributed by atoms with Crippen LogP contribution in [0.25, 0.3) is 0 Å². The third kappa shape index (κ3) is 10.3. The summed E-state index contributed by atoms with van der Waals surface area (Å²) in [5.74, 6) is 0.886. The Morgan fingerprint density at radius 1 is 0.677 bits per heavy atom. The Balaban J connectivity index is 1.57. The highest BCUT2D eigenvalue weighted by molar-refractivity contribution is 6.74. The smallest absolute Gasteiger partial charge is 0.333 e. The van der Waals surface area contributed by atoms with Crippen LogP contribution in [0.1, 0.15) is 76.4 Å². The predicted molar refractivity (Wildman–Crippen MR) is 258 cm³/mol. The molecule has 0 amide bonds. The van der Waals surface area contributed by atoms with Crippen molar-refractivity contribution in [1.82, 2.24) is 9.13 Å². The monoisotopic (exact) mass is 926 g/mol. The molecule has 1 aromatic heterocycles. The van der Waals surface area contributed by atoms with Gasteiger partial charge in [-0.15, -0.1) is 0 Å². The van der Waals surface area contributed by atoms with Crippen LogP contribution < -0.4 is 25.5 Å². The van der Waals surface area contributed by atoms with Crippen LogP contribution >= 0.6 is 0 Å². The maximum atomic E-state index is 16.0. The van der Waals surface area contributed by atoms with Gasteiger partial charge in [0.25, 0.3) is 5.56 Å². The Labute approximate surface area is 385 Å².